The van der Waals surface area contributed by atoms with Crippen LogP contribution in [0.5, 0.6) is 0 Å². The molecule has 0 spiro atoms. The van der Waals surface area contributed by atoms with Gasteiger partial charge in [0.1, 0.15) is 5.82 Å². The maximum atomic E-state index is 12.0. The van der Waals surface area contributed by atoms with E-state index in [-0.39, 0.29) is 5.91 Å². The van der Waals surface area contributed by atoms with Crippen molar-refractivity contribution in [3.05, 3.63) is 47.8 Å². The highest BCUT2D eigenvalue weighted by Gasteiger charge is 2.07. The van der Waals surface area contributed by atoms with Crippen LogP contribution in [0.3, 0.4) is 0 Å². The monoisotopic (exact) mass is 269 g/mol. The molecule has 1 amide bonds. The third kappa shape index (κ3) is 2.54. The standard InChI is InChI=1S/C14H15N5O/c1-9-16-7-11(19-9)4-5-15-14(20)10-2-3-12-13(6-10)18-8-17-12/h2-3,6-8H,4-5H2,1H3,(H,15,20)(H,16,19)(H,17,18). The number of carbonyl (C=O) groups excluding carboxylic acids is 1. The van der Waals surface area contributed by atoms with E-state index in [1.165, 1.54) is 0 Å². The third-order valence-electron chi connectivity index (χ3n) is 3.12. The Hall–Kier alpha value is -2.63. The Balaban J connectivity index is 1.61. The topological polar surface area (TPSA) is 86.5 Å². The molecule has 0 atom stereocenters. The van der Waals surface area contributed by atoms with E-state index in [1.807, 2.05) is 13.0 Å². The van der Waals surface area contributed by atoms with Gasteiger partial charge in [-0.3, -0.25) is 4.79 Å². The van der Waals surface area contributed by atoms with Crippen LogP contribution in [-0.4, -0.2) is 32.4 Å². The van der Waals surface area contributed by atoms with Crippen molar-refractivity contribution >= 4 is 16.9 Å². The van der Waals surface area contributed by atoms with Crippen molar-refractivity contribution in [1.29, 1.82) is 0 Å². The van der Waals surface area contributed by atoms with Gasteiger partial charge in [-0.15, -0.1) is 0 Å². The van der Waals surface area contributed by atoms with Crippen molar-refractivity contribution in [2.75, 3.05) is 6.54 Å². The molecule has 2 heterocycles. The number of carbonyl (C=O) groups is 1. The van der Waals surface area contributed by atoms with Crippen LogP contribution in [0.15, 0.2) is 30.7 Å². The van der Waals surface area contributed by atoms with Crippen LogP contribution in [0.1, 0.15) is 21.9 Å². The highest BCUT2D eigenvalue weighted by molar-refractivity contribution is 5.97. The Morgan fingerprint density at radius 2 is 2.25 bits per heavy atom. The Kier molecular flexibility index (Phi) is 3.20. The SMILES string of the molecule is Cc1ncc(CCNC(=O)c2ccc3nc[nH]c3c2)[nH]1. The normalized spacial score (nSPS) is 10.8. The van der Waals surface area contributed by atoms with Crippen LogP contribution < -0.4 is 5.32 Å². The van der Waals surface area contributed by atoms with Crippen LogP contribution in [0, 0.1) is 6.92 Å². The molecular weight excluding hydrogens is 254 g/mol. The van der Waals surface area contributed by atoms with Gasteiger partial charge in [-0.05, 0) is 25.1 Å². The molecule has 0 saturated heterocycles. The Morgan fingerprint density at radius 3 is 3.05 bits per heavy atom. The van der Waals surface area contributed by atoms with E-state index >= 15 is 0 Å². The molecule has 102 valence electrons. The Labute approximate surface area is 115 Å². The molecule has 0 aliphatic heterocycles. The highest BCUT2D eigenvalue weighted by atomic mass is 16.1. The number of aryl methyl sites for hydroxylation is 1. The fourth-order valence-electron chi connectivity index (χ4n) is 2.09. The maximum absolute atomic E-state index is 12.0. The minimum Gasteiger partial charge on any atom is -0.352 e. The van der Waals surface area contributed by atoms with Crippen molar-refractivity contribution < 1.29 is 4.79 Å². The number of H-pyrrole nitrogens is 2. The van der Waals surface area contributed by atoms with Crippen LogP contribution in [0.4, 0.5) is 0 Å². The summed E-state index contributed by atoms with van der Waals surface area (Å²) >= 11 is 0. The summed E-state index contributed by atoms with van der Waals surface area (Å²) in [6.45, 7) is 2.48. The number of benzene rings is 1. The molecule has 3 aromatic rings. The van der Waals surface area contributed by atoms with E-state index in [0.717, 1.165) is 29.0 Å². The molecule has 0 aliphatic carbocycles. The molecule has 0 saturated carbocycles. The van der Waals surface area contributed by atoms with E-state index in [2.05, 4.69) is 25.3 Å². The fourth-order valence-corrected chi connectivity index (χ4v) is 2.09. The van der Waals surface area contributed by atoms with E-state index in [9.17, 15) is 4.79 Å². The maximum Gasteiger partial charge on any atom is 0.251 e. The predicted octanol–water partition coefficient (Wildman–Crippen LogP) is 1.57. The van der Waals surface area contributed by atoms with Gasteiger partial charge >= 0.3 is 0 Å². The molecule has 0 bridgehead atoms. The van der Waals surface area contributed by atoms with Gasteiger partial charge in [0.15, 0.2) is 0 Å². The molecule has 0 radical (unpaired) electrons. The van der Waals surface area contributed by atoms with Crippen LogP contribution in [0.25, 0.3) is 11.0 Å². The molecule has 0 fully saturated rings. The van der Waals surface area contributed by atoms with Crippen molar-refractivity contribution in [2.45, 2.75) is 13.3 Å². The molecule has 6 heteroatoms. The first-order chi connectivity index (χ1) is 9.72. The van der Waals surface area contributed by atoms with Gasteiger partial charge in [0.25, 0.3) is 5.91 Å². The van der Waals surface area contributed by atoms with Gasteiger partial charge in [-0.2, -0.15) is 0 Å². The smallest absolute Gasteiger partial charge is 0.251 e. The van der Waals surface area contributed by atoms with E-state index in [1.54, 1.807) is 24.7 Å². The molecule has 20 heavy (non-hydrogen) atoms. The number of hydrogen-bond donors (Lipinski definition) is 3. The third-order valence-corrected chi connectivity index (χ3v) is 3.12. The molecule has 2 aromatic heterocycles. The van der Waals surface area contributed by atoms with Crippen molar-refractivity contribution in [3.63, 3.8) is 0 Å². The molecule has 0 unspecified atom stereocenters. The zero-order valence-corrected chi connectivity index (χ0v) is 11.1. The van der Waals surface area contributed by atoms with Gasteiger partial charge in [-0.25, -0.2) is 9.97 Å². The summed E-state index contributed by atoms with van der Waals surface area (Å²) in [5.41, 5.74) is 3.37. The summed E-state index contributed by atoms with van der Waals surface area (Å²) in [4.78, 5) is 26.4. The lowest BCUT2D eigenvalue weighted by atomic mass is 10.2. The molecule has 6 nitrogen and oxygen atoms in total. The number of imidazole rings is 2. The second-order valence-electron chi connectivity index (χ2n) is 4.63. The number of nitrogens with one attached hydrogen (secondary N) is 3. The highest BCUT2D eigenvalue weighted by Crippen LogP contribution is 2.11. The summed E-state index contributed by atoms with van der Waals surface area (Å²) in [7, 11) is 0. The number of hydrogen-bond acceptors (Lipinski definition) is 3. The number of aromatic amines is 2. The van der Waals surface area contributed by atoms with E-state index < -0.39 is 0 Å². The zero-order chi connectivity index (χ0) is 13.9. The quantitative estimate of drug-likeness (QED) is 0.672. The number of fused-ring (bicyclic) bond motifs is 1. The predicted molar refractivity (Wildman–Crippen MR) is 75.5 cm³/mol. The first-order valence-electron chi connectivity index (χ1n) is 6.44. The summed E-state index contributed by atoms with van der Waals surface area (Å²) in [6, 6.07) is 5.41. The van der Waals surface area contributed by atoms with Gasteiger partial charge in [-0.1, -0.05) is 0 Å². The summed E-state index contributed by atoms with van der Waals surface area (Å²) < 4.78 is 0. The molecule has 1 aromatic carbocycles. The Morgan fingerprint density at radius 1 is 1.35 bits per heavy atom. The summed E-state index contributed by atoms with van der Waals surface area (Å²) in [6.07, 6.45) is 4.14. The van der Waals surface area contributed by atoms with Crippen LogP contribution >= 0.6 is 0 Å². The van der Waals surface area contributed by atoms with Crippen molar-refractivity contribution in [2.24, 2.45) is 0 Å². The van der Waals surface area contributed by atoms with Crippen molar-refractivity contribution in [1.82, 2.24) is 25.3 Å². The Bertz CT molecular complexity index is 743. The number of aromatic nitrogens is 4. The molecule has 3 rings (SSSR count). The first kappa shape index (κ1) is 12.4. The largest absolute Gasteiger partial charge is 0.352 e. The molecule has 0 aliphatic rings. The van der Waals surface area contributed by atoms with Gasteiger partial charge in [0.05, 0.1) is 17.4 Å². The van der Waals surface area contributed by atoms with E-state index in [4.69, 9.17) is 0 Å². The average molecular weight is 269 g/mol. The number of rotatable bonds is 4. The summed E-state index contributed by atoms with van der Waals surface area (Å²) in [5.74, 6) is 0.800. The fraction of sp³-hybridized carbons (Fsp3) is 0.214. The van der Waals surface area contributed by atoms with Gasteiger partial charge in [0, 0.05) is 30.4 Å². The second-order valence-corrected chi connectivity index (χ2v) is 4.63. The average Bonchev–Trinajstić information content (AvgIpc) is 3.06. The summed E-state index contributed by atoms with van der Waals surface area (Å²) in [5, 5.41) is 2.89. The van der Waals surface area contributed by atoms with E-state index in [0.29, 0.717) is 12.1 Å². The van der Waals surface area contributed by atoms with Gasteiger partial charge < -0.3 is 15.3 Å². The lowest BCUT2D eigenvalue weighted by molar-refractivity contribution is 0.0954. The first-order valence-corrected chi connectivity index (χ1v) is 6.44. The second kappa shape index (κ2) is 5.16. The zero-order valence-electron chi connectivity index (χ0n) is 11.1. The number of amides is 1. The van der Waals surface area contributed by atoms with Crippen LogP contribution in [-0.2, 0) is 6.42 Å². The molecular formula is C14H15N5O. The lowest BCUT2D eigenvalue weighted by Gasteiger charge is -2.04. The molecule has 3 N–H and O–H groups in total. The minimum atomic E-state index is -0.0854. The lowest BCUT2D eigenvalue weighted by Crippen LogP contribution is -2.25. The van der Waals surface area contributed by atoms with Gasteiger partial charge in [0.2, 0.25) is 0 Å². The minimum absolute atomic E-state index is 0.0854. The van der Waals surface area contributed by atoms with Crippen molar-refractivity contribution in [3.8, 4) is 0 Å². The number of nitrogens with zero attached hydrogens (tertiary/aromatic N) is 2. The van der Waals surface area contributed by atoms with Crippen LogP contribution in [0.2, 0.25) is 0 Å².